The summed E-state index contributed by atoms with van der Waals surface area (Å²) in [5.74, 6) is 0.697. The van der Waals surface area contributed by atoms with Crippen LogP contribution in [0.15, 0.2) is 53.7 Å². The monoisotopic (exact) mass is 420 g/mol. The Morgan fingerprint density at radius 1 is 1.10 bits per heavy atom. The average Bonchev–Trinajstić information content (AvgIpc) is 3.51. The molecule has 1 spiro atoms. The fourth-order valence-corrected chi connectivity index (χ4v) is 6.80. The number of hydrogen-bond donors (Lipinski definition) is 1. The van der Waals surface area contributed by atoms with Crippen LogP contribution in [0.4, 0.5) is 0 Å². The lowest BCUT2D eigenvalue weighted by Crippen LogP contribution is -2.29. The summed E-state index contributed by atoms with van der Waals surface area (Å²) in [5, 5.41) is 8.96. The van der Waals surface area contributed by atoms with Crippen molar-refractivity contribution >= 4 is 28.2 Å². The number of allylic oxidation sites excluding steroid dienone is 1. The van der Waals surface area contributed by atoms with E-state index in [1.165, 1.54) is 55.6 Å². The number of nitrogens with one attached hydrogen (secondary N) is 1. The molecule has 2 aliphatic rings. The van der Waals surface area contributed by atoms with Crippen LogP contribution in [-0.4, -0.2) is 18.1 Å². The van der Waals surface area contributed by atoms with Gasteiger partial charge in [-0.1, -0.05) is 36.9 Å². The van der Waals surface area contributed by atoms with Gasteiger partial charge in [0.05, 0.1) is 10.6 Å². The van der Waals surface area contributed by atoms with Crippen molar-refractivity contribution in [1.29, 1.82) is 0 Å². The van der Waals surface area contributed by atoms with E-state index in [-0.39, 0.29) is 0 Å². The molecule has 0 amide bonds. The third-order valence-electron chi connectivity index (χ3n) is 6.88. The molecule has 3 heterocycles. The van der Waals surface area contributed by atoms with Crippen LogP contribution in [-0.2, 0) is 6.42 Å². The predicted molar refractivity (Wildman–Crippen MR) is 126 cm³/mol. The molecule has 5 rings (SSSR count). The summed E-state index contributed by atoms with van der Waals surface area (Å²) in [6, 6.07) is 13.3. The maximum absolute atomic E-state index is 4.86. The molecule has 3 aromatic rings. The first-order valence-corrected chi connectivity index (χ1v) is 12.4. The summed E-state index contributed by atoms with van der Waals surface area (Å²) in [4.78, 5) is 6.10. The molecule has 0 atom stereocenters. The minimum atomic E-state index is 0.591. The molecule has 150 valence electrons. The van der Waals surface area contributed by atoms with Crippen molar-refractivity contribution in [2.45, 2.75) is 44.4 Å². The molecule has 2 aromatic heterocycles. The van der Waals surface area contributed by atoms with Gasteiger partial charge < -0.3 is 5.32 Å². The van der Waals surface area contributed by atoms with Gasteiger partial charge in [0.15, 0.2) is 0 Å². The Morgan fingerprint density at radius 3 is 2.72 bits per heavy atom. The van der Waals surface area contributed by atoms with Crippen molar-refractivity contribution in [2.24, 2.45) is 5.41 Å². The zero-order valence-corrected chi connectivity index (χ0v) is 18.5. The summed E-state index contributed by atoms with van der Waals surface area (Å²) < 4.78 is 0. The van der Waals surface area contributed by atoms with Crippen molar-refractivity contribution in [3.63, 3.8) is 0 Å². The topological polar surface area (TPSA) is 24.9 Å². The number of aromatic nitrogens is 1. The molecule has 0 unspecified atom stereocenters. The summed E-state index contributed by atoms with van der Waals surface area (Å²) in [6.07, 6.45) is 7.66. The average molecular weight is 421 g/mol. The number of benzene rings is 1. The standard InChI is InChI=1S/C25H28N2S2/c1-18(22-16-29-24(27-22)23-7-4-14-28-23)15-20-5-2-3-6-21(20)19-8-10-25(11-9-19)12-13-26-17-25/h2-7,14,16,19,26H,1,8-13,15,17H2. The Labute approximate surface area is 181 Å². The normalized spacial score (nSPS) is 24.2. The molecule has 0 bridgehead atoms. The molecule has 2 nitrogen and oxygen atoms in total. The summed E-state index contributed by atoms with van der Waals surface area (Å²) in [6.45, 7) is 6.84. The van der Waals surface area contributed by atoms with Crippen molar-refractivity contribution in [3.05, 3.63) is 70.6 Å². The van der Waals surface area contributed by atoms with Crippen LogP contribution >= 0.6 is 22.7 Å². The first-order chi connectivity index (χ1) is 14.2. The molecule has 1 aliphatic carbocycles. The Balaban J connectivity index is 1.30. The Kier molecular flexibility index (Phi) is 5.42. The molecular weight excluding hydrogens is 392 g/mol. The maximum Gasteiger partial charge on any atom is 0.134 e. The van der Waals surface area contributed by atoms with Crippen LogP contribution in [0.5, 0.6) is 0 Å². The van der Waals surface area contributed by atoms with E-state index in [1.54, 1.807) is 28.2 Å². The smallest absolute Gasteiger partial charge is 0.134 e. The fraction of sp³-hybridized carbons (Fsp3) is 0.400. The lowest BCUT2D eigenvalue weighted by molar-refractivity contribution is 0.198. The van der Waals surface area contributed by atoms with Gasteiger partial charge in [-0.25, -0.2) is 4.98 Å². The second kappa shape index (κ2) is 8.17. The summed E-state index contributed by atoms with van der Waals surface area (Å²) in [5.41, 5.74) is 5.75. The highest BCUT2D eigenvalue weighted by Gasteiger charge is 2.38. The second-order valence-corrected chi connectivity index (χ2v) is 10.5. The number of thiophene rings is 1. The van der Waals surface area contributed by atoms with E-state index in [9.17, 15) is 0 Å². The highest BCUT2D eigenvalue weighted by Crippen LogP contribution is 2.47. The van der Waals surface area contributed by atoms with Crippen LogP contribution in [0, 0.1) is 5.41 Å². The lowest BCUT2D eigenvalue weighted by atomic mass is 9.68. The van der Waals surface area contributed by atoms with Crippen molar-refractivity contribution < 1.29 is 0 Å². The van der Waals surface area contributed by atoms with Crippen LogP contribution in [0.2, 0.25) is 0 Å². The van der Waals surface area contributed by atoms with Gasteiger partial charge in [0, 0.05) is 11.9 Å². The minimum absolute atomic E-state index is 0.591. The first-order valence-electron chi connectivity index (χ1n) is 10.7. The van der Waals surface area contributed by atoms with E-state index in [2.05, 4.69) is 59.1 Å². The van der Waals surface area contributed by atoms with Gasteiger partial charge in [-0.3, -0.25) is 0 Å². The van der Waals surface area contributed by atoms with E-state index in [1.807, 2.05) is 0 Å². The van der Waals surface area contributed by atoms with Gasteiger partial charge in [0.25, 0.3) is 0 Å². The van der Waals surface area contributed by atoms with E-state index >= 15 is 0 Å². The number of hydrogen-bond acceptors (Lipinski definition) is 4. The minimum Gasteiger partial charge on any atom is -0.316 e. The molecular formula is C25H28N2S2. The van der Waals surface area contributed by atoms with Gasteiger partial charge in [-0.2, -0.15) is 0 Å². The van der Waals surface area contributed by atoms with E-state index in [4.69, 9.17) is 4.98 Å². The zero-order valence-electron chi connectivity index (χ0n) is 16.8. The van der Waals surface area contributed by atoms with Gasteiger partial charge >= 0.3 is 0 Å². The fourth-order valence-electron chi connectivity index (χ4n) is 5.13. The van der Waals surface area contributed by atoms with Crippen LogP contribution in [0.25, 0.3) is 15.5 Å². The van der Waals surface area contributed by atoms with Gasteiger partial charge in [-0.05, 0) is 84.5 Å². The van der Waals surface area contributed by atoms with Crippen LogP contribution < -0.4 is 5.32 Å². The van der Waals surface area contributed by atoms with Crippen LogP contribution in [0.3, 0.4) is 0 Å². The third-order valence-corrected chi connectivity index (χ3v) is 8.76. The van der Waals surface area contributed by atoms with E-state index in [0.29, 0.717) is 11.3 Å². The number of nitrogens with zero attached hydrogens (tertiary/aromatic N) is 1. The highest BCUT2D eigenvalue weighted by atomic mass is 32.1. The Hall–Kier alpha value is -1.75. The Bertz CT molecular complexity index is 970. The lowest BCUT2D eigenvalue weighted by Gasteiger charge is -2.37. The second-order valence-electron chi connectivity index (χ2n) is 8.70. The quantitative estimate of drug-likeness (QED) is 0.493. The Morgan fingerprint density at radius 2 is 1.97 bits per heavy atom. The largest absolute Gasteiger partial charge is 0.316 e. The van der Waals surface area contributed by atoms with Crippen molar-refractivity contribution in [2.75, 3.05) is 13.1 Å². The van der Waals surface area contributed by atoms with Crippen molar-refractivity contribution in [1.82, 2.24) is 10.3 Å². The predicted octanol–water partition coefficient (Wildman–Crippen LogP) is 6.76. The number of rotatable bonds is 5. The highest BCUT2D eigenvalue weighted by molar-refractivity contribution is 7.20. The van der Waals surface area contributed by atoms with Crippen molar-refractivity contribution in [3.8, 4) is 9.88 Å². The molecule has 1 saturated heterocycles. The van der Waals surface area contributed by atoms with E-state index in [0.717, 1.165) is 22.7 Å². The molecule has 0 radical (unpaired) electrons. The van der Waals surface area contributed by atoms with Crippen LogP contribution in [0.1, 0.15) is 54.8 Å². The molecule has 1 N–H and O–H groups in total. The third kappa shape index (κ3) is 3.98. The van der Waals surface area contributed by atoms with Gasteiger partial charge in [0.2, 0.25) is 0 Å². The molecule has 29 heavy (non-hydrogen) atoms. The molecule has 1 aromatic carbocycles. The zero-order chi connectivity index (χ0) is 19.7. The molecule has 1 aliphatic heterocycles. The molecule has 4 heteroatoms. The van der Waals surface area contributed by atoms with Gasteiger partial charge in [-0.15, -0.1) is 22.7 Å². The molecule has 2 fully saturated rings. The van der Waals surface area contributed by atoms with E-state index < -0.39 is 0 Å². The van der Waals surface area contributed by atoms with Gasteiger partial charge in [0.1, 0.15) is 5.01 Å². The first kappa shape index (κ1) is 19.2. The summed E-state index contributed by atoms with van der Waals surface area (Å²) >= 11 is 3.47. The maximum atomic E-state index is 4.86. The SMILES string of the molecule is C=C(Cc1ccccc1C1CCC2(CCNC2)CC1)c1csc(-c2cccs2)n1. The number of thiazole rings is 1. The molecule has 1 saturated carbocycles. The summed E-state index contributed by atoms with van der Waals surface area (Å²) in [7, 11) is 0.